The molecule has 0 aliphatic heterocycles. The van der Waals surface area contributed by atoms with E-state index >= 15 is 0 Å². The number of phosphoric ester groups is 2. The molecular weight excluding hydrogens is 1320 g/mol. The molecule has 0 saturated carbocycles. The lowest BCUT2D eigenvalue weighted by Crippen LogP contribution is -2.30. The molecule has 0 rings (SSSR count). The van der Waals surface area contributed by atoms with Crippen LogP contribution in [-0.2, 0) is 65.4 Å². The van der Waals surface area contributed by atoms with Crippen LogP contribution in [0.1, 0.15) is 427 Å². The molecule has 2 unspecified atom stereocenters. The quantitative estimate of drug-likeness (QED) is 0.0222. The van der Waals surface area contributed by atoms with Crippen molar-refractivity contribution < 1.29 is 80.2 Å². The van der Waals surface area contributed by atoms with Crippen LogP contribution in [0.15, 0.2) is 0 Å². The van der Waals surface area contributed by atoms with Gasteiger partial charge in [-0.05, 0) is 43.4 Å². The summed E-state index contributed by atoms with van der Waals surface area (Å²) in [6.07, 6.45) is 60.9. The highest BCUT2D eigenvalue weighted by Crippen LogP contribution is 2.45. The maximum Gasteiger partial charge on any atom is 0.472 e. The highest BCUT2D eigenvalue weighted by molar-refractivity contribution is 7.47. The van der Waals surface area contributed by atoms with Crippen molar-refractivity contribution in [3.8, 4) is 0 Å². The zero-order valence-electron chi connectivity index (χ0n) is 66.4. The zero-order chi connectivity index (χ0) is 74.4. The first kappa shape index (κ1) is 99.1. The molecular formula is C82H160O17P2. The summed E-state index contributed by atoms with van der Waals surface area (Å²) in [5.41, 5.74) is 0. The Morgan fingerprint density at radius 3 is 0.673 bits per heavy atom. The zero-order valence-corrected chi connectivity index (χ0v) is 68.2. The number of carbonyl (C=O) groups is 4. The summed E-state index contributed by atoms with van der Waals surface area (Å²) in [6, 6.07) is 0. The second kappa shape index (κ2) is 72.3. The fourth-order valence-electron chi connectivity index (χ4n) is 12.7. The number of aliphatic hydroxyl groups excluding tert-OH is 1. The van der Waals surface area contributed by atoms with E-state index in [0.717, 1.165) is 108 Å². The number of hydrogen-bond acceptors (Lipinski definition) is 15. The van der Waals surface area contributed by atoms with Crippen LogP contribution >= 0.6 is 15.6 Å². The number of unbranched alkanes of at least 4 members (excludes halogenated alkanes) is 48. The van der Waals surface area contributed by atoms with E-state index in [9.17, 15) is 43.2 Å². The predicted octanol–water partition coefficient (Wildman–Crippen LogP) is 24.5. The summed E-state index contributed by atoms with van der Waals surface area (Å²) in [6.45, 7) is 12.0. The van der Waals surface area contributed by atoms with Crippen LogP contribution in [0.25, 0.3) is 0 Å². The smallest absolute Gasteiger partial charge is 0.462 e. The number of carbonyl (C=O) groups excluding carboxylic acids is 4. The number of rotatable bonds is 80. The van der Waals surface area contributed by atoms with Gasteiger partial charge in [0.15, 0.2) is 12.2 Å². The second-order valence-electron chi connectivity index (χ2n) is 30.9. The van der Waals surface area contributed by atoms with Gasteiger partial charge in [0, 0.05) is 25.7 Å². The van der Waals surface area contributed by atoms with Crippen LogP contribution in [0.2, 0.25) is 0 Å². The van der Waals surface area contributed by atoms with Gasteiger partial charge in [-0.2, -0.15) is 0 Å². The first-order valence-electron chi connectivity index (χ1n) is 42.3. The average Bonchev–Trinajstić information content (AvgIpc) is 1.01. The van der Waals surface area contributed by atoms with Crippen LogP contribution in [0, 0.1) is 17.8 Å². The number of ether oxygens (including phenoxy) is 4. The van der Waals surface area contributed by atoms with Gasteiger partial charge in [-0.3, -0.25) is 37.3 Å². The minimum absolute atomic E-state index is 0.107. The normalized spacial score (nSPS) is 14.0. The summed E-state index contributed by atoms with van der Waals surface area (Å²) in [5, 5.41) is 10.6. The van der Waals surface area contributed by atoms with Gasteiger partial charge < -0.3 is 33.8 Å². The minimum Gasteiger partial charge on any atom is -0.462 e. The molecule has 0 aromatic heterocycles. The van der Waals surface area contributed by atoms with Gasteiger partial charge in [-0.25, -0.2) is 9.13 Å². The molecule has 0 aliphatic rings. The lowest BCUT2D eigenvalue weighted by Gasteiger charge is -2.21. The number of aliphatic hydroxyl groups is 1. The monoisotopic (exact) mass is 1480 g/mol. The van der Waals surface area contributed by atoms with Gasteiger partial charge in [-0.1, -0.05) is 376 Å². The first-order valence-corrected chi connectivity index (χ1v) is 45.3. The highest BCUT2D eigenvalue weighted by atomic mass is 31.2. The van der Waals surface area contributed by atoms with E-state index in [1.807, 2.05) is 0 Å². The Balaban J connectivity index is 5.24. The predicted molar refractivity (Wildman–Crippen MR) is 414 cm³/mol. The van der Waals surface area contributed by atoms with E-state index in [-0.39, 0.29) is 25.7 Å². The van der Waals surface area contributed by atoms with Gasteiger partial charge in [0.1, 0.15) is 19.3 Å². The van der Waals surface area contributed by atoms with E-state index in [4.69, 9.17) is 37.0 Å². The van der Waals surface area contributed by atoms with E-state index in [1.54, 1.807) is 0 Å². The van der Waals surface area contributed by atoms with Crippen LogP contribution in [0.5, 0.6) is 0 Å². The van der Waals surface area contributed by atoms with Crippen molar-refractivity contribution in [2.24, 2.45) is 17.8 Å². The summed E-state index contributed by atoms with van der Waals surface area (Å²) in [4.78, 5) is 73.1. The number of phosphoric acid groups is 2. The summed E-state index contributed by atoms with van der Waals surface area (Å²) in [5.74, 6) is 0.279. The Bertz CT molecular complexity index is 1960. The Kier molecular flexibility index (Phi) is 70.9. The standard InChI is InChI=1S/C82H160O17P2/c1-8-9-10-11-12-13-35-42-49-56-63-79(84)92-69-77(98-82(87)66-59-52-45-38-31-25-19-22-28-34-41-48-55-62-75(6)7)71-96-100(88,89)94-67-76(83)68-95-101(90,91)97-72-78(70-93-80(85)64-57-50-43-36-29-24-18-21-27-33-40-47-54-61-74(4)5)99-81(86)65-58-51-44-37-30-23-17-15-14-16-20-26-32-39-46-53-60-73(2)3/h73-78,83H,8-72H2,1-7H3,(H,88,89)(H,90,91)/t76-,77+,78+/m0/s1. The topological polar surface area (TPSA) is 237 Å². The molecule has 0 bridgehead atoms. The molecule has 0 aromatic carbocycles. The van der Waals surface area contributed by atoms with Gasteiger partial charge in [0.2, 0.25) is 0 Å². The Hall–Kier alpha value is -1.94. The van der Waals surface area contributed by atoms with Gasteiger partial charge in [-0.15, -0.1) is 0 Å². The largest absolute Gasteiger partial charge is 0.472 e. The van der Waals surface area contributed by atoms with Crippen molar-refractivity contribution in [2.45, 2.75) is 446 Å². The summed E-state index contributed by atoms with van der Waals surface area (Å²) in [7, 11) is -9.92. The molecule has 0 amide bonds. The maximum atomic E-state index is 13.1. The van der Waals surface area contributed by atoms with Crippen molar-refractivity contribution >= 4 is 39.5 Å². The molecule has 17 nitrogen and oxygen atoms in total. The van der Waals surface area contributed by atoms with E-state index in [2.05, 4.69) is 48.5 Å². The fraction of sp³-hybridized carbons (Fsp3) is 0.951. The Morgan fingerprint density at radius 2 is 0.455 bits per heavy atom. The molecule has 0 spiro atoms. The van der Waals surface area contributed by atoms with Crippen LogP contribution < -0.4 is 0 Å². The number of esters is 4. The molecule has 0 saturated heterocycles. The van der Waals surface area contributed by atoms with E-state index in [1.165, 1.54) is 238 Å². The SMILES string of the molecule is CCCCCCCCCCCCC(=O)OC[C@H](COP(=O)(O)OC[C@H](O)COP(=O)(O)OC[C@@H](COC(=O)CCCCCCCCCCCCCCCC(C)C)OC(=O)CCCCCCCCCCCCCCCCCCC(C)C)OC(=O)CCCCCCCCCCCCCCCC(C)C. The van der Waals surface area contributed by atoms with Crippen molar-refractivity contribution in [1.29, 1.82) is 0 Å². The molecule has 101 heavy (non-hydrogen) atoms. The first-order chi connectivity index (χ1) is 48.7. The molecule has 0 heterocycles. The van der Waals surface area contributed by atoms with E-state index in [0.29, 0.717) is 25.7 Å². The second-order valence-corrected chi connectivity index (χ2v) is 33.8. The van der Waals surface area contributed by atoms with Crippen LogP contribution in [0.3, 0.4) is 0 Å². The molecule has 3 N–H and O–H groups in total. The molecule has 600 valence electrons. The van der Waals surface area contributed by atoms with Crippen molar-refractivity contribution in [2.75, 3.05) is 39.6 Å². The minimum atomic E-state index is -4.96. The van der Waals surface area contributed by atoms with Crippen molar-refractivity contribution in [3.05, 3.63) is 0 Å². The van der Waals surface area contributed by atoms with Crippen molar-refractivity contribution in [3.63, 3.8) is 0 Å². The number of hydrogen-bond donors (Lipinski definition) is 3. The molecule has 5 atom stereocenters. The Labute approximate surface area is 619 Å². The lowest BCUT2D eigenvalue weighted by atomic mass is 10.0. The maximum absolute atomic E-state index is 13.1. The molecule has 0 aliphatic carbocycles. The highest BCUT2D eigenvalue weighted by Gasteiger charge is 2.30. The fourth-order valence-corrected chi connectivity index (χ4v) is 14.2. The third kappa shape index (κ3) is 76.1. The third-order valence-electron chi connectivity index (χ3n) is 19.1. The molecule has 19 heteroatoms. The summed E-state index contributed by atoms with van der Waals surface area (Å²) >= 11 is 0. The van der Waals surface area contributed by atoms with Crippen molar-refractivity contribution in [1.82, 2.24) is 0 Å². The van der Waals surface area contributed by atoms with Gasteiger partial charge in [0.05, 0.1) is 26.4 Å². The van der Waals surface area contributed by atoms with E-state index < -0.39 is 97.5 Å². The average molecular weight is 1480 g/mol. The Morgan fingerprint density at radius 1 is 0.267 bits per heavy atom. The van der Waals surface area contributed by atoms with Crippen LogP contribution in [0.4, 0.5) is 0 Å². The van der Waals surface area contributed by atoms with Crippen LogP contribution in [-0.4, -0.2) is 96.7 Å². The molecule has 0 aromatic rings. The van der Waals surface area contributed by atoms with Gasteiger partial charge >= 0.3 is 39.5 Å². The third-order valence-corrected chi connectivity index (χ3v) is 21.0. The molecule has 0 radical (unpaired) electrons. The lowest BCUT2D eigenvalue weighted by molar-refractivity contribution is -0.161. The summed E-state index contributed by atoms with van der Waals surface area (Å²) < 4.78 is 68.8. The van der Waals surface area contributed by atoms with Gasteiger partial charge in [0.25, 0.3) is 0 Å². The molecule has 0 fully saturated rings.